The van der Waals surface area contributed by atoms with Crippen LogP contribution in [0.2, 0.25) is 0 Å². The first-order chi connectivity index (χ1) is 15.0. The van der Waals surface area contributed by atoms with Crippen molar-refractivity contribution in [2.75, 3.05) is 32.8 Å². The fourth-order valence-electron chi connectivity index (χ4n) is 3.87. The number of benzene rings is 2. The largest absolute Gasteiger partial charge is 0.486 e. The highest BCUT2D eigenvalue weighted by atomic mass is 32.2. The Kier molecular flexibility index (Phi) is 6.77. The van der Waals surface area contributed by atoms with Gasteiger partial charge < -0.3 is 14.8 Å². The number of amides is 1. The van der Waals surface area contributed by atoms with E-state index in [1.807, 2.05) is 30.3 Å². The maximum Gasteiger partial charge on any atom is 0.243 e. The maximum atomic E-state index is 12.7. The van der Waals surface area contributed by atoms with Gasteiger partial charge >= 0.3 is 0 Å². The van der Waals surface area contributed by atoms with Gasteiger partial charge in [-0.3, -0.25) is 4.79 Å². The van der Waals surface area contributed by atoms with E-state index in [1.165, 1.54) is 0 Å². The summed E-state index contributed by atoms with van der Waals surface area (Å²) in [6.45, 7) is 2.74. The molecule has 0 atom stereocenters. The Balaban J connectivity index is 1.26. The number of fused-ring (bicyclic) bond motifs is 1. The molecule has 1 saturated heterocycles. The number of carbonyl (C=O) groups excluding carboxylic acids is 1. The number of carbonyl (C=O) groups is 1. The molecule has 2 heterocycles. The topological polar surface area (TPSA) is 84.9 Å². The van der Waals surface area contributed by atoms with Crippen LogP contribution in [0, 0.1) is 0 Å². The lowest BCUT2D eigenvalue weighted by Gasteiger charge is -2.25. The molecule has 0 unspecified atom stereocenters. The van der Waals surface area contributed by atoms with E-state index in [1.54, 1.807) is 16.4 Å². The fourth-order valence-corrected chi connectivity index (χ4v) is 5.39. The summed E-state index contributed by atoms with van der Waals surface area (Å²) < 4.78 is 38.1. The standard InChI is InChI=1S/C23H28N2O5S/c26-23(17-19-6-9-21-22(16-19)30-15-14-29-21)24-11-10-18-4-7-20(8-5-18)31(27,28)25-12-2-1-3-13-25/h4-9,16H,1-3,10-15,17H2,(H,24,26). The molecular weight excluding hydrogens is 416 g/mol. The van der Waals surface area contributed by atoms with Gasteiger partial charge in [-0.15, -0.1) is 0 Å². The van der Waals surface area contributed by atoms with Crippen LogP contribution >= 0.6 is 0 Å². The Hall–Kier alpha value is -2.58. The van der Waals surface area contributed by atoms with Gasteiger partial charge in [-0.05, 0) is 54.7 Å². The van der Waals surface area contributed by atoms with Gasteiger partial charge in [0.05, 0.1) is 11.3 Å². The van der Waals surface area contributed by atoms with Crippen molar-refractivity contribution in [1.82, 2.24) is 9.62 Å². The van der Waals surface area contributed by atoms with Crippen LogP contribution in [0.3, 0.4) is 0 Å². The minimum atomic E-state index is -3.41. The molecule has 1 N–H and O–H groups in total. The van der Waals surface area contributed by atoms with Gasteiger partial charge in [0.25, 0.3) is 0 Å². The van der Waals surface area contributed by atoms with Crippen molar-refractivity contribution >= 4 is 15.9 Å². The van der Waals surface area contributed by atoms with Crippen LogP contribution in [-0.2, 0) is 27.7 Å². The molecule has 0 saturated carbocycles. The molecule has 4 rings (SSSR count). The predicted octanol–water partition coefficient (Wildman–Crippen LogP) is 2.53. The molecule has 2 aromatic carbocycles. The number of nitrogens with zero attached hydrogens (tertiary/aromatic N) is 1. The monoisotopic (exact) mass is 444 g/mol. The Morgan fingerprint density at radius 2 is 1.58 bits per heavy atom. The Bertz CT molecular complexity index is 1010. The number of rotatable bonds is 7. The van der Waals surface area contributed by atoms with E-state index in [0.29, 0.717) is 55.7 Å². The minimum Gasteiger partial charge on any atom is -0.486 e. The van der Waals surface area contributed by atoms with Gasteiger partial charge in [-0.25, -0.2) is 8.42 Å². The van der Waals surface area contributed by atoms with Crippen LogP contribution in [0.4, 0.5) is 0 Å². The highest BCUT2D eigenvalue weighted by Crippen LogP contribution is 2.30. The van der Waals surface area contributed by atoms with E-state index in [4.69, 9.17) is 9.47 Å². The number of piperidine rings is 1. The highest BCUT2D eigenvalue weighted by Gasteiger charge is 2.25. The predicted molar refractivity (Wildman–Crippen MR) is 117 cm³/mol. The molecule has 2 aromatic rings. The molecule has 1 amide bonds. The third-order valence-corrected chi connectivity index (χ3v) is 7.50. The average molecular weight is 445 g/mol. The van der Waals surface area contributed by atoms with Gasteiger partial charge in [-0.2, -0.15) is 4.31 Å². The third-order valence-electron chi connectivity index (χ3n) is 5.58. The van der Waals surface area contributed by atoms with Gasteiger partial charge in [0.2, 0.25) is 15.9 Å². The van der Waals surface area contributed by atoms with Gasteiger partial charge in [0, 0.05) is 19.6 Å². The second kappa shape index (κ2) is 9.70. The molecule has 31 heavy (non-hydrogen) atoms. The lowest BCUT2D eigenvalue weighted by molar-refractivity contribution is -0.120. The van der Waals surface area contributed by atoms with E-state index < -0.39 is 10.0 Å². The highest BCUT2D eigenvalue weighted by molar-refractivity contribution is 7.89. The van der Waals surface area contributed by atoms with Crippen LogP contribution in [-0.4, -0.2) is 51.5 Å². The van der Waals surface area contributed by atoms with Crippen molar-refractivity contribution in [2.45, 2.75) is 37.0 Å². The summed E-state index contributed by atoms with van der Waals surface area (Å²) in [7, 11) is -3.41. The molecule has 1 fully saturated rings. The van der Waals surface area contributed by atoms with Crippen molar-refractivity contribution in [3.63, 3.8) is 0 Å². The zero-order valence-electron chi connectivity index (χ0n) is 17.5. The van der Waals surface area contributed by atoms with Crippen LogP contribution in [0.1, 0.15) is 30.4 Å². The van der Waals surface area contributed by atoms with Crippen LogP contribution in [0.5, 0.6) is 11.5 Å². The second-order valence-electron chi connectivity index (χ2n) is 7.86. The van der Waals surface area contributed by atoms with Crippen LogP contribution in [0.15, 0.2) is 47.4 Å². The number of hydrogen-bond acceptors (Lipinski definition) is 5. The lowest BCUT2D eigenvalue weighted by Crippen LogP contribution is -2.35. The molecule has 0 radical (unpaired) electrons. The zero-order valence-corrected chi connectivity index (χ0v) is 18.3. The van der Waals surface area contributed by atoms with E-state index >= 15 is 0 Å². The van der Waals surface area contributed by atoms with Crippen molar-refractivity contribution in [3.05, 3.63) is 53.6 Å². The third kappa shape index (κ3) is 5.37. The molecule has 166 valence electrons. The normalized spacial score (nSPS) is 16.6. The summed E-state index contributed by atoms with van der Waals surface area (Å²) in [5, 5.41) is 2.92. The first-order valence-corrected chi connectivity index (χ1v) is 12.2. The van der Waals surface area contributed by atoms with E-state index in [-0.39, 0.29) is 12.3 Å². The summed E-state index contributed by atoms with van der Waals surface area (Å²) >= 11 is 0. The van der Waals surface area contributed by atoms with Crippen molar-refractivity contribution in [2.24, 2.45) is 0 Å². The van der Waals surface area contributed by atoms with E-state index in [9.17, 15) is 13.2 Å². The second-order valence-corrected chi connectivity index (χ2v) is 9.80. The van der Waals surface area contributed by atoms with Crippen LogP contribution in [0.25, 0.3) is 0 Å². The summed E-state index contributed by atoms with van der Waals surface area (Å²) in [6, 6.07) is 12.5. The first-order valence-electron chi connectivity index (χ1n) is 10.8. The number of nitrogens with one attached hydrogen (secondary N) is 1. The molecule has 0 aliphatic carbocycles. The smallest absolute Gasteiger partial charge is 0.243 e. The van der Waals surface area contributed by atoms with Gasteiger partial charge in [0.1, 0.15) is 13.2 Å². The Morgan fingerprint density at radius 1 is 0.903 bits per heavy atom. The van der Waals surface area contributed by atoms with E-state index in [2.05, 4.69) is 5.32 Å². The summed E-state index contributed by atoms with van der Waals surface area (Å²) in [5.41, 5.74) is 1.85. The average Bonchev–Trinajstić information content (AvgIpc) is 2.80. The molecule has 2 aliphatic heterocycles. The Labute approximate surface area is 183 Å². The van der Waals surface area contributed by atoms with Crippen molar-refractivity contribution < 1.29 is 22.7 Å². The Morgan fingerprint density at radius 3 is 2.32 bits per heavy atom. The molecule has 7 nitrogen and oxygen atoms in total. The van der Waals surface area contributed by atoms with Gasteiger partial charge in [-0.1, -0.05) is 24.6 Å². The number of hydrogen-bond donors (Lipinski definition) is 1. The van der Waals surface area contributed by atoms with Crippen LogP contribution < -0.4 is 14.8 Å². The quantitative estimate of drug-likeness (QED) is 0.709. The molecule has 8 heteroatoms. The molecule has 0 spiro atoms. The van der Waals surface area contributed by atoms with Gasteiger partial charge in [0.15, 0.2) is 11.5 Å². The number of sulfonamides is 1. The summed E-state index contributed by atoms with van der Waals surface area (Å²) in [4.78, 5) is 12.6. The maximum absolute atomic E-state index is 12.7. The van der Waals surface area contributed by atoms with Crippen molar-refractivity contribution in [1.29, 1.82) is 0 Å². The summed E-state index contributed by atoms with van der Waals surface area (Å²) in [6.07, 6.45) is 3.83. The van der Waals surface area contributed by atoms with Crippen molar-refractivity contribution in [3.8, 4) is 11.5 Å². The number of ether oxygens (including phenoxy) is 2. The lowest BCUT2D eigenvalue weighted by atomic mass is 10.1. The minimum absolute atomic E-state index is 0.0685. The fraction of sp³-hybridized carbons (Fsp3) is 0.435. The summed E-state index contributed by atoms with van der Waals surface area (Å²) in [5.74, 6) is 1.32. The molecule has 0 bridgehead atoms. The SMILES string of the molecule is O=C(Cc1ccc2c(c1)OCCO2)NCCc1ccc(S(=O)(=O)N2CCCCC2)cc1. The molecular formula is C23H28N2O5S. The van der Waals surface area contributed by atoms with E-state index in [0.717, 1.165) is 30.4 Å². The zero-order chi connectivity index (χ0) is 21.7. The molecule has 2 aliphatic rings. The first kappa shape index (κ1) is 21.6. The molecule has 0 aromatic heterocycles.